The summed E-state index contributed by atoms with van der Waals surface area (Å²) < 4.78 is 40.7. The molecule has 3 rings (SSSR count). The molecule has 9 heteroatoms. The molecule has 0 saturated carbocycles. The van der Waals surface area contributed by atoms with Crippen molar-refractivity contribution in [3.8, 4) is 5.82 Å². The van der Waals surface area contributed by atoms with Crippen molar-refractivity contribution in [2.45, 2.75) is 38.9 Å². The molecule has 0 fully saturated rings. The predicted octanol–water partition coefficient (Wildman–Crippen LogP) is 4.54. The molecule has 1 atom stereocenters. The second kappa shape index (κ2) is 10.8. The number of aromatic nitrogens is 3. The molecule has 2 heterocycles. The number of rotatable bonds is 8. The molecular weight excluding hydrogens is 417 g/mol. The molecule has 170 valence electrons. The van der Waals surface area contributed by atoms with Crippen LogP contribution in [0, 0.1) is 0 Å². The Labute approximate surface area is 185 Å². The fourth-order valence-corrected chi connectivity index (χ4v) is 3.20. The lowest BCUT2D eigenvalue weighted by Gasteiger charge is -2.16. The number of imidazole rings is 1. The summed E-state index contributed by atoms with van der Waals surface area (Å²) in [5.41, 5.74) is 1.06. The molecule has 32 heavy (non-hydrogen) atoms. The number of halogens is 3. The van der Waals surface area contributed by atoms with E-state index in [1.54, 1.807) is 24.8 Å². The number of nitrogens with zero attached hydrogens (tertiary/aromatic N) is 4. The fourth-order valence-electron chi connectivity index (χ4n) is 3.20. The van der Waals surface area contributed by atoms with Crippen molar-refractivity contribution in [1.29, 1.82) is 0 Å². The molecule has 1 aromatic carbocycles. The van der Waals surface area contributed by atoms with E-state index in [1.807, 2.05) is 36.7 Å². The fraction of sp³-hybridized carbons (Fsp3) is 0.348. The maximum Gasteiger partial charge on any atom is 0.416 e. The average Bonchev–Trinajstić information content (AvgIpc) is 3.32. The van der Waals surface area contributed by atoms with Crippen LogP contribution in [0.5, 0.6) is 0 Å². The lowest BCUT2D eigenvalue weighted by molar-refractivity contribution is -0.137. The Morgan fingerprint density at radius 1 is 1.16 bits per heavy atom. The van der Waals surface area contributed by atoms with Gasteiger partial charge in [0.15, 0.2) is 5.96 Å². The second-order valence-electron chi connectivity index (χ2n) is 7.43. The zero-order valence-electron chi connectivity index (χ0n) is 18.1. The van der Waals surface area contributed by atoms with Crippen molar-refractivity contribution in [3.05, 3.63) is 78.0 Å². The van der Waals surface area contributed by atoms with Crippen molar-refractivity contribution >= 4 is 5.96 Å². The predicted molar refractivity (Wildman–Crippen MR) is 119 cm³/mol. The zero-order chi connectivity index (χ0) is 23.0. The summed E-state index contributed by atoms with van der Waals surface area (Å²) in [4.78, 5) is 13.0. The van der Waals surface area contributed by atoms with E-state index >= 15 is 0 Å². The van der Waals surface area contributed by atoms with E-state index in [-0.39, 0.29) is 5.92 Å². The van der Waals surface area contributed by atoms with Gasteiger partial charge in [-0.05, 0) is 48.6 Å². The van der Waals surface area contributed by atoms with Gasteiger partial charge in [0.05, 0.1) is 12.1 Å². The highest BCUT2D eigenvalue weighted by Gasteiger charge is 2.30. The number of benzene rings is 1. The van der Waals surface area contributed by atoms with Gasteiger partial charge in [-0.1, -0.05) is 25.1 Å². The summed E-state index contributed by atoms with van der Waals surface area (Å²) in [6, 6.07) is 9.38. The van der Waals surface area contributed by atoms with Crippen LogP contribution in [0.25, 0.3) is 5.82 Å². The van der Waals surface area contributed by atoms with Crippen LogP contribution in [0.3, 0.4) is 0 Å². The summed E-state index contributed by atoms with van der Waals surface area (Å²) >= 11 is 0. The van der Waals surface area contributed by atoms with Gasteiger partial charge in [-0.25, -0.2) is 15.0 Å². The van der Waals surface area contributed by atoms with Gasteiger partial charge in [0.25, 0.3) is 0 Å². The molecule has 6 nitrogen and oxygen atoms in total. The van der Waals surface area contributed by atoms with Crippen LogP contribution in [0.15, 0.2) is 66.3 Å². The third-order valence-electron chi connectivity index (χ3n) is 5.00. The van der Waals surface area contributed by atoms with Crippen molar-refractivity contribution in [1.82, 2.24) is 25.2 Å². The lowest BCUT2D eigenvalue weighted by Crippen LogP contribution is -2.38. The second-order valence-corrected chi connectivity index (χ2v) is 7.43. The highest BCUT2D eigenvalue weighted by atomic mass is 19.4. The average molecular weight is 445 g/mol. The first-order valence-electron chi connectivity index (χ1n) is 10.5. The van der Waals surface area contributed by atoms with Gasteiger partial charge in [0.2, 0.25) is 0 Å². The molecule has 3 aromatic rings. The molecular formula is C23H27F3N6. The van der Waals surface area contributed by atoms with Gasteiger partial charge in [-0.3, -0.25) is 4.57 Å². The summed E-state index contributed by atoms with van der Waals surface area (Å²) in [5.74, 6) is 1.40. The molecule has 2 aromatic heterocycles. The van der Waals surface area contributed by atoms with Crippen molar-refractivity contribution in [2.24, 2.45) is 4.99 Å². The van der Waals surface area contributed by atoms with E-state index in [2.05, 4.69) is 25.6 Å². The summed E-state index contributed by atoms with van der Waals surface area (Å²) in [6.45, 7) is 5.65. The van der Waals surface area contributed by atoms with E-state index in [0.29, 0.717) is 37.6 Å². The van der Waals surface area contributed by atoms with Crippen LogP contribution in [0.4, 0.5) is 13.2 Å². The van der Waals surface area contributed by atoms with E-state index < -0.39 is 11.7 Å². The number of alkyl halides is 3. The van der Waals surface area contributed by atoms with Crippen LogP contribution in [-0.4, -0.2) is 33.6 Å². The molecule has 0 saturated heterocycles. The third-order valence-corrected chi connectivity index (χ3v) is 5.00. The van der Waals surface area contributed by atoms with Crippen molar-refractivity contribution < 1.29 is 13.2 Å². The standard InChI is InChI=1S/C23H27F3N6/c1-3-28-22(31-15-18-8-10-29-21(13-18)32-12-11-27-16-32)30-9-7-17(2)19-5-4-6-20(14-19)23(24,25)26/h4-6,8,10-14,16-17H,3,7,9,15H2,1-2H3,(H2,28,30,31). The van der Waals surface area contributed by atoms with E-state index in [1.165, 1.54) is 12.1 Å². The smallest absolute Gasteiger partial charge is 0.357 e. The number of aliphatic imine (C=N–C) groups is 1. The largest absolute Gasteiger partial charge is 0.416 e. The normalized spacial score (nSPS) is 13.1. The Bertz CT molecular complexity index is 1010. The van der Waals surface area contributed by atoms with Gasteiger partial charge in [-0.2, -0.15) is 13.2 Å². The highest BCUT2D eigenvalue weighted by molar-refractivity contribution is 5.79. The Morgan fingerprint density at radius 3 is 2.72 bits per heavy atom. The Hall–Kier alpha value is -3.36. The third kappa shape index (κ3) is 6.57. The zero-order valence-corrected chi connectivity index (χ0v) is 18.1. The van der Waals surface area contributed by atoms with Crippen LogP contribution in [-0.2, 0) is 12.7 Å². The Morgan fingerprint density at radius 2 is 2.00 bits per heavy atom. The minimum absolute atomic E-state index is 0.0226. The summed E-state index contributed by atoms with van der Waals surface area (Å²) in [7, 11) is 0. The highest BCUT2D eigenvalue weighted by Crippen LogP contribution is 2.31. The van der Waals surface area contributed by atoms with Gasteiger partial charge < -0.3 is 10.6 Å². The molecule has 0 amide bonds. The lowest BCUT2D eigenvalue weighted by atomic mass is 9.96. The van der Waals surface area contributed by atoms with Crippen LogP contribution in [0.2, 0.25) is 0 Å². The van der Waals surface area contributed by atoms with Gasteiger partial charge in [0.1, 0.15) is 12.1 Å². The van der Waals surface area contributed by atoms with Crippen LogP contribution in [0.1, 0.15) is 42.9 Å². The van der Waals surface area contributed by atoms with E-state index in [9.17, 15) is 13.2 Å². The van der Waals surface area contributed by atoms with E-state index in [4.69, 9.17) is 0 Å². The minimum Gasteiger partial charge on any atom is -0.357 e. The Kier molecular flexibility index (Phi) is 7.86. The molecule has 2 N–H and O–H groups in total. The number of hydrogen-bond acceptors (Lipinski definition) is 3. The van der Waals surface area contributed by atoms with Crippen molar-refractivity contribution in [3.63, 3.8) is 0 Å². The van der Waals surface area contributed by atoms with Gasteiger partial charge >= 0.3 is 6.18 Å². The maximum atomic E-state index is 13.0. The molecule has 0 aliphatic carbocycles. The molecule has 1 unspecified atom stereocenters. The monoisotopic (exact) mass is 444 g/mol. The number of nitrogens with one attached hydrogen (secondary N) is 2. The SMILES string of the molecule is CCNC(=NCc1ccnc(-n2ccnc2)c1)NCCC(C)c1cccc(C(F)(F)F)c1. The summed E-state index contributed by atoms with van der Waals surface area (Å²) in [6.07, 6.45) is 3.28. The first kappa shape index (κ1) is 23.3. The maximum absolute atomic E-state index is 13.0. The summed E-state index contributed by atoms with van der Waals surface area (Å²) in [5, 5.41) is 6.46. The van der Waals surface area contributed by atoms with Crippen LogP contribution < -0.4 is 10.6 Å². The molecule has 0 radical (unpaired) electrons. The quantitative estimate of drug-likeness (QED) is 0.396. The van der Waals surface area contributed by atoms with Crippen LogP contribution >= 0.6 is 0 Å². The first-order valence-corrected chi connectivity index (χ1v) is 10.5. The topological polar surface area (TPSA) is 67.1 Å². The molecule has 0 bridgehead atoms. The van der Waals surface area contributed by atoms with Gasteiger partial charge in [0, 0.05) is 31.7 Å². The Balaban J connectivity index is 1.57. The molecule has 0 aliphatic rings. The van der Waals surface area contributed by atoms with Gasteiger partial charge in [-0.15, -0.1) is 0 Å². The molecule has 0 spiro atoms. The van der Waals surface area contributed by atoms with E-state index in [0.717, 1.165) is 17.4 Å². The number of pyridine rings is 1. The van der Waals surface area contributed by atoms with Crippen molar-refractivity contribution in [2.75, 3.05) is 13.1 Å². The first-order chi connectivity index (χ1) is 15.4. The number of guanidine groups is 1. The minimum atomic E-state index is -4.33. The number of hydrogen-bond donors (Lipinski definition) is 2. The molecule has 0 aliphatic heterocycles.